The van der Waals surface area contributed by atoms with Gasteiger partial charge in [-0.05, 0) is 24.6 Å². The van der Waals surface area contributed by atoms with Crippen molar-refractivity contribution in [2.75, 3.05) is 12.4 Å². The van der Waals surface area contributed by atoms with E-state index in [1.807, 2.05) is 0 Å². The van der Waals surface area contributed by atoms with E-state index < -0.39 is 11.7 Å². The molecule has 0 unspecified atom stereocenters. The molecule has 0 heterocycles. The van der Waals surface area contributed by atoms with Gasteiger partial charge in [-0.15, -0.1) is 11.6 Å². The molecule has 1 amide bonds. The van der Waals surface area contributed by atoms with Gasteiger partial charge in [0.15, 0.2) is 0 Å². The predicted molar refractivity (Wildman–Crippen MR) is 63.3 cm³/mol. The number of amides is 1. The highest BCUT2D eigenvalue weighted by Crippen LogP contribution is 2.29. The number of alkyl halides is 4. The van der Waals surface area contributed by atoms with Gasteiger partial charge in [-0.25, -0.2) is 0 Å². The summed E-state index contributed by atoms with van der Waals surface area (Å²) in [6, 6.07) is 4.93. The van der Waals surface area contributed by atoms with Crippen molar-refractivity contribution in [2.45, 2.75) is 19.6 Å². The molecule has 0 aliphatic heterocycles. The van der Waals surface area contributed by atoms with Gasteiger partial charge in [-0.3, -0.25) is 4.79 Å². The molecular formula is C12H13ClF3NO. The molecule has 0 saturated heterocycles. The van der Waals surface area contributed by atoms with Gasteiger partial charge >= 0.3 is 6.18 Å². The summed E-state index contributed by atoms with van der Waals surface area (Å²) in [6.45, 7) is 2.28. The Morgan fingerprint density at radius 1 is 1.39 bits per heavy atom. The zero-order valence-electron chi connectivity index (χ0n) is 9.80. The Kier molecular flexibility index (Phi) is 5.02. The lowest BCUT2D eigenvalue weighted by molar-refractivity contribution is -0.137. The van der Waals surface area contributed by atoms with Crippen molar-refractivity contribution in [3.05, 3.63) is 35.4 Å². The lowest BCUT2D eigenvalue weighted by atomic mass is 10.1. The molecule has 0 bridgehead atoms. The third-order valence-electron chi connectivity index (χ3n) is 2.48. The van der Waals surface area contributed by atoms with Crippen LogP contribution in [0.2, 0.25) is 0 Å². The molecule has 0 saturated carbocycles. The fourth-order valence-corrected chi connectivity index (χ4v) is 1.70. The number of halogens is 4. The Labute approximate surface area is 108 Å². The van der Waals surface area contributed by atoms with E-state index in [1.165, 1.54) is 11.0 Å². The van der Waals surface area contributed by atoms with Crippen molar-refractivity contribution < 1.29 is 18.0 Å². The van der Waals surface area contributed by atoms with E-state index in [1.54, 1.807) is 13.0 Å². The molecule has 2 nitrogen and oxygen atoms in total. The Bertz CT molecular complexity index is 420. The zero-order valence-corrected chi connectivity index (χ0v) is 10.6. The van der Waals surface area contributed by atoms with Gasteiger partial charge < -0.3 is 4.90 Å². The van der Waals surface area contributed by atoms with Crippen LogP contribution >= 0.6 is 11.6 Å². The van der Waals surface area contributed by atoms with Crippen LogP contribution < -0.4 is 0 Å². The first-order chi connectivity index (χ1) is 8.38. The van der Waals surface area contributed by atoms with Crippen molar-refractivity contribution in [1.29, 1.82) is 0 Å². The van der Waals surface area contributed by atoms with Crippen molar-refractivity contribution in [1.82, 2.24) is 4.90 Å². The SMILES string of the molecule is CCN(Cc1cccc(C(F)(F)F)c1)C(=O)CCl. The molecule has 0 aromatic heterocycles. The van der Waals surface area contributed by atoms with Crippen LogP contribution in [-0.2, 0) is 17.5 Å². The van der Waals surface area contributed by atoms with Crippen LogP contribution in [0.4, 0.5) is 13.2 Å². The summed E-state index contributed by atoms with van der Waals surface area (Å²) in [5.41, 5.74) is -0.278. The second-order valence-electron chi connectivity index (χ2n) is 3.74. The first-order valence-electron chi connectivity index (χ1n) is 5.38. The highest BCUT2D eigenvalue weighted by Gasteiger charge is 2.30. The summed E-state index contributed by atoms with van der Waals surface area (Å²) in [6.07, 6.45) is -4.37. The van der Waals surface area contributed by atoms with Crippen LogP contribution in [0.25, 0.3) is 0 Å². The molecule has 0 aliphatic carbocycles. The number of hydrogen-bond acceptors (Lipinski definition) is 1. The lowest BCUT2D eigenvalue weighted by Crippen LogP contribution is -2.31. The van der Waals surface area contributed by atoms with E-state index in [0.717, 1.165) is 12.1 Å². The van der Waals surface area contributed by atoms with Gasteiger partial charge in [0.1, 0.15) is 5.88 Å². The average Bonchev–Trinajstić information content (AvgIpc) is 2.34. The molecule has 6 heteroatoms. The fraction of sp³-hybridized carbons (Fsp3) is 0.417. The number of carbonyl (C=O) groups excluding carboxylic acids is 1. The van der Waals surface area contributed by atoms with E-state index >= 15 is 0 Å². The van der Waals surface area contributed by atoms with Crippen LogP contribution in [0.1, 0.15) is 18.1 Å². The molecule has 1 aromatic carbocycles. The van der Waals surface area contributed by atoms with E-state index in [0.29, 0.717) is 12.1 Å². The van der Waals surface area contributed by atoms with Crippen molar-refractivity contribution in [2.24, 2.45) is 0 Å². The summed E-state index contributed by atoms with van der Waals surface area (Å²) in [5, 5.41) is 0. The summed E-state index contributed by atoms with van der Waals surface area (Å²) < 4.78 is 37.5. The third-order valence-corrected chi connectivity index (χ3v) is 2.71. The minimum absolute atomic E-state index is 0.131. The zero-order chi connectivity index (χ0) is 13.8. The molecule has 0 N–H and O–H groups in total. The topological polar surface area (TPSA) is 20.3 Å². The van der Waals surface area contributed by atoms with E-state index in [9.17, 15) is 18.0 Å². The Morgan fingerprint density at radius 2 is 2.06 bits per heavy atom. The fourth-order valence-electron chi connectivity index (χ4n) is 1.53. The number of rotatable bonds is 4. The number of benzene rings is 1. The maximum absolute atomic E-state index is 12.5. The number of nitrogens with zero attached hydrogens (tertiary/aromatic N) is 1. The van der Waals surface area contributed by atoms with Gasteiger partial charge in [-0.1, -0.05) is 12.1 Å². The van der Waals surface area contributed by atoms with Gasteiger partial charge in [0.2, 0.25) is 5.91 Å². The van der Waals surface area contributed by atoms with E-state index in [2.05, 4.69) is 0 Å². The second kappa shape index (κ2) is 6.09. The van der Waals surface area contributed by atoms with E-state index in [4.69, 9.17) is 11.6 Å². The Balaban J connectivity index is 2.88. The van der Waals surface area contributed by atoms with Crippen LogP contribution in [0.5, 0.6) is 0 Å². The highest BCUT2D eigenvalue weighted by molar-refractivity contribution is 6.27. The molecule has 18 heavy (non-hydrogen) atoms. The van der Waals surface area contributed by atoms with Gasteiger partial charge in [-0.2, -0.15) is 13.2 Å². The molecular weight excluding hydrogens is 267 g/mol. The van der Waals surface area contributed by atoms with Gasteiger partial charge in [0, 0.05) is 13.1 Å². The normalized spacial score (nSPS) is 11.4. The number of carbonyl (C=O) groups is 1. The quantitative estimate of drug-likeness (QED) is 0.775. The minimum atomic E-state index is -4.37. The number of hydrogen-bond donors (Lipinski definition) is 0. The summed E-state index contributed by atoms with van der Waals surface area (Å²) >= 11 is 5.42. The van der Waals surface area contributed by atoms with Crippen molar-refractivity contribution in [3.8, 4) is 0 Å². The van der Waals surface area contributed by atoms with Gasteiger partial charge in [0.05, 0.1) is 5.56 Å². The monoisotopic (exact) mass is 279 g/mol. The Morgan fingerprint density at radius 3 is 2.56 bits per heavy atom. The average molecular weight is 280 g/mol. The standard InChI is InChI=1S/C12H13ClF3NO/c1-2-17(11(18)7-13)8-9-4-3-5-10(6-9)12(14,15)16/h3-6H,2,7-8H2,1H3. The first kappa shape index (κ1) is 14.8. The maximum Gasteiger partial charge on any atom is 0.416 e. The maximum atomic E-state index is 12.5. The molecule has 0 atom stereocenters. The summed E-state index contributed by atoms with van der Waals surface area (Å²) in [7, 11) is 0. The largest absolute Gasteiger partial charge is 0.416 e. The van der Waals surface area contributed by atoms with Gasteiger partial charge in [0.25, 0.3) is 0 Å². The predicted octanol–water partition coefficient (Wildman–Crippen LogP) is 3.29. The van der Waals surface area contributed by atoms with Crippen LogP contribution in [-0.4, -0.2) is 23.2 Å². The third kappa shape index (κ3) is 3.91. The first-order valence-corrected chi connectivity index (χ1v) is 5.91. The molecule has 0 spiro atoms. The van der Waals surface area contributed by atoms with Crippen LogP contribution in [0, 0.1) is 0 Å². The summed E-state index contributed by atoms with van der Waals surface area (Å²) in [5.74, 6) is -0.469. The highest BCUT2D eigenvalue weighted by atomic mass is 35.5. The lowest BCUT2D eigenvalue weighted by Gasteiger charge is -2.20. The molecule has 1 rings (SSSR count). The Hall–Kier alpha value is -1.23. The molecule has 100 valence electrons. The minimum Gasteiger partial charge on any atom is -0.338 e. The van der Waals surface area contributed by atoms with E-state index in [-0.39, 0.29) is 18.3 Å². The molecule has 1 aromatic rings. The molecule has 0 radical (unpaired) electrons. The second-order valence-corrected chi connectivity index (χ2v) is 4.01. The molecule has 0 aliphatic rings. The van der Waals surface area contributed by atoms with Crippen LogP contribution in [0.3, 0.4) is 0 Å². The molecule has 0 fully saturated rings. The van der Waals surface area contributed by atoms with Crippen LogP contribution in [0.15, 0.2) is 24.3 Å². The van der Waals surface area contributed by atoms with Crippen molar-refractivity contribution in [3.63, 3.8) is 0 Å². The van der Waals surface area contributed by atoms with Crippen molar-refractivity contribution >= 4 is 17.5 Å². The summed E-state index contributed by atoms with van der Waals surface area (Å²) in [4.78, 5) is 12.8. The smallest absolute Gasteiger partial charge is 0.338 e.